The van der Waals surface area contributed by atoms with Crippen molar-refractivity contribution in [3.05, 3.63) is 78.4 Å². The smallest absolute Gasteiger partial charge is 0.276 e. The summed E-state index contributed by atoms with van der Waals surface area (Å²) in [6.45, 7) is 1.97. The Balaban J connectivity index is 1.51. The lowest BCUT2D eigenvalue weighted by atomic mass is 10.2. The molecule has 8 nitrogen and oxygen atoms in total. The van der Waals surface area contributed by atoms with Gasteiger partial charge in [0, 0.05) is 11.8 Å². The van der Waals surface area contributed by atoms with Crippen LogP contribution in [-0.4, -0.2) is 37.9 Å². The van der Waals surface area contributed by atoms with Crippen molar-refractivity contribution in [3.63, 3.8) is 0 Å². The lowest BCUT2D eigenvalue weighted by molar-refractivity contribution is 0.102. The number of aryl methyl sites for hydroxylation is 1. The highest BCUT2D eigenvalue weighted by atomic mass is 16.5. The quantitative estimate of drug-likeness (QED) is 0.530. The summed E-state index contributed by atoms with van der Waals surface area (Å²) >= 11 is 0. The van der Waals surface area contributed by atoms with E-state index in [1.54, 1.807) is 48.3 Å². The average molecular weight is 401 g/mol. The number of carbonyl (C=O) groups excluding carboxylic acids is 1. The molecule has 0 atom stereocenters. The van der Waals surface area contributed by atoms with Crippen molar-refractivity contribution >= 4 is 11.6 Å². The number of nitrogens with one attached hydrogen (secondary N) is 1. The number of anilines is 1. The van der Waals surface area contributed by atoms with Crippen molar-refractivity contribution in [2.45, 2.75) is 6.92 Å². The van der Waals surface area contributed by atoms with Crippen LogP contribution in [0.3, 0.4) is 0 Å². The van der Waals surface area contributed by atoms with Gasteiger partial charge in [-0.2, -0.15) is 5.10 Å². The van der Waals surface area contributed by atoms with Crippen molar-refractivity contribution in [2.75, 3.05) is 12.4 Å². The summed E-state index contributed by atoms with van der Waals surface area (Å²) in [5.74, 6) is 0.856. The maximum atomic E-state index is 12.6. The molecule has 0 saturated heterocycles. The van der Waals surface area contributed by atoms with Gasteiger partial charge in [-0.25, -0.2) is 14.6 Å². The number of phenolic OH excluding ortho intramolecular Hbond substituents is 1. The first-order valence-electron chi connectivity index (χ1n) is 9.17. The van der Waals surface area contributed by atoms with Gasteiger partial charge < -0.3 is 15.2 Å². The van der Waals surface area contributed by atoms with E-state index in [2.05, 4.69) is 20.4 Å². The Hall–Kier alpha value is -4.20. The molecule has 2 heterocycles. The minimum atomic E-state index is -0.380. The summed E-state index contributed by atoms with van der Waals surface area (Å²) in [6.07, 6.45) is 4.71. The average Bonchev–Trinajstić information content (AvgIpc) is 3.24. The first-order chi connectivity index (χ1) is 14.5. The molecular formula is C22H19N5O3. The largest absolute Gasteiger partial charge is 0.508 e. The topological polar surface area (TPSA) is 102 Å². The molecule has 2 aromatic heterocycles. The Kier molecular flexibility index (Phi) is 5.13. The zero-order valence-electron chi connectivity index (χ0n) is 16.4. The number of hydrogen-bond acceptors (Lipinski definition) is 6. The fourth-order valence-corrected chi connectivity index (χ4v) is 2.94. The van der Waals surface area contributed by atoms with Crippen molar-refractivity contribution in [2.24, 2.45) is 0 Å². The van der Waals surface area contributed by atoms with Gasteiger partial charge in [0.2, 0.25) is 0 Å². The molecule has 150 valence electrons. The van der Waals surface area contributed by atoms with Crippen LogP contribution in [0.15, 0.2) is 67.1 Å². The van der Waals surface area contributed by atoms with Gasteiger partial charge in [-0.15, -0.1) is 0 Å². The molecule has 0 spiro atoms. The van der Waals surface area contributed by atoms with Gasteiger partial charge in [-0.05, 0) is 42.8 Å². The van der Waals surface area contributed by atoms with Crippen molar-refractivity contribution in [1.29, 1.82) is 0 Å². The van der Waals surface area contributed by atoms with E-state index >= 15 is 0 Å². The number of hydrogen-bond donors (Lipinski definition) is 2. The van der Waals surface area contributed by atoms with Gasteiger partial charge in [-0.3, -0.25) is 4.79 Å². The van der Waals surface area contributed by atoms with Gasteiger partial charge in [0.1, 0.15) is 17.2 Å². The minimum absolute atomic E-state index is 0.134. The molecule has 30 heavy (non-hydrogen) atoms. The molecule has 0 bridgehead atoms. The zero-order valence-corrected chi connectivity index (χ0v) is 16.4. The highest BCUT2D eigenvalue weighted by Crippen LogP contribution is 2.24. The molecule has 2 N–H and O–H groups in total. The van der Waals surface area contributed by atoms with E-state index < -0.39 is 0 Å². The third-order valence-electron chi connectivity index (χ3n) is 4.42. The molecule has 4 aromatic rings. The number of aromatic nitrogens is 4. The van der Waals surface area contributed by atoms with Crippen LogP contribution in [0.2, 0.25) is 0 Å². The molecule has 4 rings (SSSR count). The first-order valence-corrected chi connectivity index (χ1v) is 9.17. The van der Waals surface area contributed by atoms with Crippen LogP contribution in [0, 0.1) is 6.92 Å². The number of methoxy groups -OCH3 is 1. The normalized spacial score (nSPS) is 10.6. The predicted molar refractivity (Wildman–Crippen MR) is 112 cm³/mol. The first kappa shape index (κ1) is 19.1. The SMILES string of the molecule is COc1ccc(C)cc1-n1ccc(C(=O)Nc2cnc(-c3cccc(O)c3)nc2)n1. The maximum Gasteiger partial charge on any atom is 0.276 e. The fraction of sp³-hybridized carbons (Fsp3) is 0.0909. The van der Waals surface area contributed by atoms with Crippen molar-refractivity contribution in [3.8, 4) is 28.6 Å². The highest BCUT2D eigenvalue weighted by Gasteiger charge is 2.13. The van der Waals surface area contributed by atoms with Crippen LogP contribution >= 0.6 is 0 Å². The molecule has 1 amide bonds. The lowest BCUT2D eigenvalue weighted by Gasteiger charge is -2.09. The van der Waals surface area contributed by atoms with Gasteiger partial charge in [0.05, 0.1) is 25.2 Å². The second-order valence-electron chi connectivity index (χ2n) is 6.62. The Morgan fingerprint density at radius 1 is 1.10 bits per heavy atom. The van der Waals surface area contributed by atoms with Crippen LogP contribution in [0.25, 0.3) is 17.1 Å². The Bertz CT molecular complexity index is 1200. The molecule has 0 aliphatic heterocycles. The van der Waals surface area contributed by atoms with E-state index in [0.717, 1.165) is 11.3 Å². The van der Waals surface area contributed by atoms with E-state index in [4.69, 9.17) is 4.74 Å². The monoisotopic (exact) mass is 401 g/mol. The molecule has 0 fully saturated rings. The number of ether oxygens (including phenoxy) is 1. The Morgan fingerprint density at radius 3 is 2.63 bits per heavy atom. The highest BCUT2D eigenvalue weighted by molar-refractivity contribution is 6.02. The second-order valence-corrected chi connectivity index (χ2v) is 6.62. The van der Waals surface area contributed by atoms with Crippen LogP contribution in [0.5, 0.6) is 11.5 Å². The summed E-state index contributed by atoms with van der Waals surface area (Å²) < 4.78 is 6.98. The Labute approximate surface area is 172 Å². The number of benzene rings is 2. The molecule has 8 heteroatoms. The standard InChI is InChI=1S/C22H19N5O3/c1-14-6-7-20(30-2)19(10-14)27-9-8-18(26-27)22(29)25-16-12-23-21(24-13-16)15-4-3-5-17(28)11-15/h3-13,28H,1-2H3,(H,25,29). The van der Waals surface area contributed by atoms with Gasteiger partial charge >= 0.3 is 0 Å². The number of rotatable bonds is 5. The number of aromatic hydroxyl groups is 1. The maximum absolute atomic E-state index is 12.6. The summed E-state index contributed by atoms with van der Waals surface area (Å²) in [4.78, 5) is 21.1. The second kappa shape index (κ2) is 8.04. The molecular weight excluding hydrogens is 382 g/mol. The zero-order chi connectivity index (χ0) is 21.1. The molecule has 0 unspecified atom stereocenters. The number of amides is 1. The number of nitrogens with zero attached hydrogens (tertiary/aromatic N) is 4. The van der Waals surface area contributed by atoms with E-state index in [0.29, 0.717) is 22.8 Å². The van der Waals surface area contributed by atoms with Gasteiger partial charge in [0.15, 0.2) is 11.5 Å². The van der Waals surface area contributed by atoms with Gasteiger partial charge in [0.25, 0.3) is 5.91 Å². The van der Waals surface area contributed by atoms with Crippen LogP contribution in [0.1, 0.15) is 16.1 Å². The lowest BCUT2D eigenvalue weighted by Crippen LogP contribution is -2.13. The van der Waals surface area contributed by atoms with E-state index in [-0.39, 0.29) is 17.4 Å². The van der Waals surface area contributed by atoms with Crippen molar-refractivity contribution in [1.82, 2.24) is 19.7 Å². The third-order valence-corrected chi connectivity index (χ3v) is 4.42. The summed E-state index contributed by atoms with van der Waals surface area (Å²) in [6, 6.07) is 14.0. The van der Waals surface area contributed by atoms with Crippen LogP contribution < -0.4 is 10.1 Å². The van der Waals surface area contributed by atoms with Crippen LogP contribution in [0.4, 0.5) is 5.69 Å². The van der Waals surface area contributed by atoms with E-state index in [1.807, 2.05) is 25.1 Å². The number of phenols is 1. The van der Waals surface area contributed by atoms with E-state index in [1.165, 1.54) is 12.4 Å². The summed E-state index contributed by atoms with van der Waals surface area (Å²) in [7, 11) is 1.59. The summed E-state index contributed by atoms with van der Waals surface area (Å²) in [5.41, 5.74) is 3.16. The van der Waals surface area contributed by atoms with Crippen molar-refractivity contribution < 1.29 is 14.6 Å². The molecule has 0 saturated carbocycles. The van der Waals surface area contributed by atoms with Crippen LogP contribution in [-0.2, 0) is 0 Å². The predicted octanol–water partition coefficient (Wildman–Crippen LogP) is 3.60. The molecule has 2 aromatic carbocycles. The molecule has 0 aliphatic carbocycles. The Morgan fingerprint density at radius 2 is 1.90 bits per heavy atom. The molecule has 0 radical (unpaired) electrons. The number of carbonyl (C=O) groups is 1. The van der Waals surface area contributed by atoms with Gasteiger partial charge in [-0.1, -0.05) is 18.2 Å². The van der Waals surface area contributed by atoms with E-state index in [9.17, 15) is 9.90 Å². The third kappa shape index (κ3) is 3.97. The molecule has 0 aliphatic rings. The fourth-order valence-electron chi connectivity index (χ4n) is 2.94. The summed E-state index contributed by atoms with van der Waals surface area (Å²) in [5, 5.41) is 16.7. The minimum Gasteiger partial charge on any atom is -0.508 e.